The zero-order valence-corrected chi connectivity index (χ0v) is 12.8. The predicted molar refractivity (Wildman–Crippen MR) is 82.8 cm³/mol. The van der Waals surface area contributed by atoms with Crippen LogP contribution in [0.3, 0.4) is 0 Å². The Labute approximate surface area is 125 Å². The number of carbonyl (C=O) groups is 1. The van der Waals surface area contributed by atoms with Gasteiger partial charge in [0.25, 0.3) is 5.91 Å². The molecule has 0 saturated carbocycles. The highest BCUT2D eigenvalue weighted by molar-refractivity contribution is 9.10. The third-order valence-electron chi connectivity index (χ3n) is 2.80. The van der Waals surface area contributed by atoms with E-state index in [2.05, 4.69) is 21.2 Å². The summed E-state index contributed by atoms with van der Waals surface area (Å²) < 4.78 is 0.966. The van der Waals surface area contributed by atoms with Crippen LogP contribution in [0.5, 0.6) is 0 Å². The van der Waals surface area contributed by atoms with Crippen LogP contribution in [0.4, 0.5) is 5.69 Å². The molecule has 98 valence electrons. The monoisotopic (exact) mass is 337 g/mol. The van der Waals surface area contributed by atoms with E-state index in [0.717, 1.165) is 21.3 Å². The largest absolute Gasteiger partial charge is 0.322 e. The second-order valence-electron chi connectivity index (χ2n) is 4.24. The number of alkyl halides is 1. The van der Waals surface area contributed by atoms with Crippen LogP contribution < -0.4 is 5.32 Å². The van der Waals surface area contributed by atoms with E-state index in [1.807, 2.05) is 49.4 Å². The summed E-state index contributed by atoms with van der Waals surface area (Å²) in [6.45, 7) is 1.91. The third kappa shape index (κ3) is 3.58. The molecule has 0 spiro atoms. The number of hydrogen-bond acceptors (Lipinski definition) is 1. The van der Waals surface area contributed by atoms with E-state index in [1.165, 1.54) is 0 Å². The zero-order valence-electron chi connectivity index (χ0n) is 10.4. The molecule has 4 heteroatoms. The summed E-state index contributed by atoms with van der Waals surface area (Å²) >= 11 is 9.11. The van der Waals surface area contributed by atoms with Crippen molar-refractivity contribution >= 4 is 39.1 Å². The molecule has 2 aromatic rings. The first kappa shape index (κ1) is 14.1. The maximum atomic E-state index is 12.1. The van der Waals surface area contributed by atoms with Gasteiger partial charge in [-0.1, -0.05) is 28.1 Å². The van der Waals surface area contributed by atoms with Crippen molar-refractivity contribution in [1.82, 2.24) is 0 Å². The molecule has 0 atom stereocenters. The first-order chi connectivity index (χ1) is 9.10. The van der Waals surface area contributed by atoms with Crippen molar-refractivity contribution < 1.29 is 4.79 Å². The van der Waals surface area contributed by atoms with Gasteiger partial charge < -0.3 is 5.32 Å². The summed E-state index contributed by atoms with van der Waals surface area (Å²) in [5.41, 5.74) is 3.40. The summed E-state index contributed by atoms with van der Waals surface area (Å²) in [7, 11) is 0. The Morgan fingerprint density at radius 3 is 2.47 bits per heavy atom. The second-order valence-corrected chi connectivity index (χ2v) is 5.43. The summed E-state index contributed by atoms with van der Waals surface area (Å²) in [6.07, 6.45) is 0. The quantitative estimate of drug-likeness (QED) is 0.804. The van der Waals surface area contributed by atoms with Crippen molar-refractivity contribution in [2.24, 2.45) is 0 Å². The Hall–Kier alpha value is -1.32. The molecule has 2 aromatic carbocycles. The Bertz CT molecular complexity index is 596. The van der Waals surface area contributed by atoms with Crippen molar-refractivity contribution in [3.8, 4) is 0 Å². The van der Waals surface area contributed by atoms with Crippen LogP contribution in [0.25, 0.3) is 0 Å². The Kier molecular flexibility index (Phi) is 4.61. The summed E-state index contributed by atoms with van der Waals surface area (Å²) in [5, 5.41) is 2.87. The average Bonchev–Trinajstić information content (AvgIpc) is 2.39. The number of carbonyl (C=O) groups excluding carboxylic acids is 1. The molecular formula is C15H13BrClNO. The number of benzene rings is 2. The Balaban J connectivity index is 2.15. The number of anilines is 1. The van der Waals surface area contributed by atoms with Crippen LogP contribution in [-0.2, 0) is 5.88 Å². The van der Waals surface area contributed by atoms with Crippen molar-refractivity contribution in [2.45, 2.75) is 12.8 Å². The second kappa shape index (κ2) is 6.22. The molecular weight excluding hydrogens is 326 g/mol. The van der Waals surface area contributed by atoms with Crippen molar-refractivity contribution in [3.63, 3.8) is 0 Å². The first-order valence-corrected chi connectivity index (χ1v) is 7.15. The van der Waals surface area contributed by atoms with E-state index in [1.54, 1.807) is 0 Å². The Morgan fingerprint density at radius 1 is 1.21 bits per heavy atom. The molecule has 1 N–H and O–H groups in total. The van der Waals surface area contributed by atoms with Gasteiger partial charge in [-0.05, 0) is 48.4 Å². The molecule has 0 aromatic heterocycles. The molecule has 0 bridgehead atoms. The number of hydrogen-bond donors (Lipinski definition) is 1. The lowest BCUT2D eigenvalue weighted by Crippen LogP contribution is -2.13. The van der Waals surface area contributed by atoms with Gasteiger partial charge in [-0.25, -0.2) is 0 Å². The molecule has 0 unspecified atom stereocenters. The molecule has 0 saturated heterocycles. The number of aryl methyl sites for hydroxylation is 1. The molecule has 0 radical (unpaired) electrons. The molecule has 2 rings (SSSR count). The highest BCUT2D eigenvalue weighted by Gasteiger charge is 2.09. The smallest absolute Gasteiger partial charge is 0.255 e. The molecule has 2 nitrogen and oxygen atoms in total. The molecule has 0 aliphatic carbocycles. The molecule has 0 heterocycles. The van der Waals surface area contributed by atoms with Gasteiger partial charge in [-0.15, -0.1) is 11.6 Å². The van der Waals surface area contributed by atoms with Gasteiger partial charge in [0.1, 0.15) is 0 Å². The van der Waals surface area contributed by atoms with Crippen LogP contribution in [0.15, 0.2) is 46.9 Å². The van der Waals surface area contributed by atoms with E-state index < -0.39 is 0 Å². The SMILES string of the molecule is Cc1cc(Br)ccc1C(=O)Nc1ccc(CCl)cc1. The van der Waals surface area contributed by atoms with Gasteiger partial charge >= 0.3 is 0 Å². The lowest BCUT2D eigenvalue weighted by atomic mass is 10.1. The average molecular weight is 339 g/mol. The van der Waals surface area contributed by atoms with Gasteiger partial charge in [0.2, 0.25) is 0 Å². The fourth-order valence-electron chi connectivity index (χ4n) is 1.76. The molecule has 0 aliphatic rings. The fourth-order valence-corrected chi connectivity index (χ4v) is 2.41. The topological polar surface area (TPSA) is 29.1 Å². The lowest BCUT2D eigenvalue weighted by molar-refractivity contribution is 0.102. The maximum absolute atomic E-state index is 12.1. The minimum atomic E-state index is -0.108. The van der Waals surface area contributed by atoms with Crippen LogP contribution in [0, 0.1) is 6.92 Å². The van der Waals surface area contributed by atoms with Crippen molar-refractivity contribution in [1.29, 1.82) is 0 Å². The van der Waals surface area contributed by atoms with Gasteiger partial charge in [-0.3, -0.25) is 4.79 Å². The van der Waals surface area contributed by atoms with E-state index in [4.69, 9.17) is 11.6 Å². The predicted octanol–water partition coefficient (Wildman–Crippen LogP) is 4.75. The fraction of sp³-hybridized carbons (Fsp3) is 0.133. The molecule has 0 aliphatic heterocycles. The van der Waals surface area contributed by atoms with E-state index in [9.17, 15) is 4.79 Å². The van der Waals surface area contributed by atoms with Crippen molar-refractivity contribution in [3.05, 3.63) is 63.6 Å². The highest BCUT2D eigenvalue weighted by Crippen LogP contribution is 2.18. The van der Waals surface area contributed by atoms with Crippen LogP contribution in [-0.4, -0.2) is 5.91 Å². The van der Waals surface area contributed by atoms with E-state index in [0.29, 0.717) is 11.4 Å². The summed E-state index contributed by atoms with van der Waals surface area (Å²) in [6, 6.07) is 13.1. The van der Waals surface area contributed by atoms with Gasteiger partial charge in [-0.2, -0.15) is 0 Å². The number of rotatable bonds is 3. The third-order valence-corrected chi connectivity index (χ3v) is 3.60. The molecule has 19 heavy (non-hydrogen) atoms. The van der Waals surface area contributed by atoms with Crippen LogP contribution in [0.1, 0.15) is 21.5 Å². The standard InChI is InChI=1S/C15H13BrClNO/c1-10-8-12(16)4-7-14(10)15(19)18-13-5-2-11(9-17)3-6-13/h2-8H,9H2,1H3,(H,18,19). The summed E-state index contributed by atoms with van der Waals surface area (Å²) in [5.74, 6) is 0.365. The van der Waals surface area contributed by atoms with Gasteiger partial charge in [0, 0.05) is 21.6 Å². The molecule has 1 amide bonds. The van der Waals surface area contributed by atoms with Gasteiger partial charge in [0.15, 0.2) is 0 Å². The number of nitrogens with one attached hydrogen (secondary N) is 1. The summed E-state index contributed by atoms with van der Waals surface area (Å²) in [4.78, 5) is 12.1. The normalized spacial score (nSPS) is 10.3. The zero-order chi connectivity index (χ0) is 13.8. The van der Waals surface area contributed by atoms with E-state index in [-0.39, 0.29) is 5.91 Å². The molecule has 0 fully saturated rings. The first-order valence-electron chi connectivity index (χ1n) is 5.82. The maximum Gasteiger partial charge on any atom is 0.255 e. The highest BCUT2D eigenvalue weighted by atomic mass is 79.9. The minimum Gasteiger partial charge on any atom is -0.322 e. The Morgan fingerprint density at radius 2 is 1.89 bits per heavy atom. The number of halogens is 2. The lowest BCUT2D eigenvalue weighted by Gasteiger charge is -2.08. The van der Waals surface area contributed by atoms with Crippen LogP contribution >= 0.6 is 27.5 Å². The van der Waals surface area contributed by atoms with Crippen LogP contribution in [0.2, 0.25) is 0 Å². The van der Waals surface area contributed by atoms with E-state index >= 15 is 0 Å². The number of amides is 1. The van der Waals surface area contributed by atoms with Crippen molar-refractivity contribution in [2.75, 3.05) is 5.32 Å². The van der Waals surface area contributed by atoms with Gasteiger partial charge in [0.05, 0.1) is 0 Å². The minimum absolute atomic E-state index is 0.108.